The fourth-order valence-electron chi connectivity index (χ4n) is 0.665. The minimum atomic E-state index is -3.16. The highest BCUT2D eigenvalue weighted by atomic mass is 79.9. The summed E-state index contributed by atoms with van der Waals surface area (Å²) >= 11 is 7.73. The molecule has 7 heteroatoms. The Labute approximate surface area is 97.8 Å². The monoisotopic (exact) mass is 347 g/mol. The van der Waals surface area contributed by atoms with Crippen molar-refractivity contribution in [2.24, 2.45) is 0 Å². The molecule has 0 radical (unpaired) electrons. The summed E-state index contributed by atoms with van der Waals surface area (Å²) in [7, 11) is -3.16. The Balaban J connectivity index is 2.58. The van der Waals surface area contributed by atoms with E-state index in [1.165, 1.54) is 11.3 Å². The van der Waals surface area contributed by atoms with Crippen molar-refractivity contribution in [2.75, 3.05) is 4.66 Å². The van der Waals surface area contributed by atoms with E-state index in [0.29, 0.717) is 6.54 Å². The molecule has 0 unspecified atom stereocenters. The van der Waals surface area contributed by atoms with Crippen molar-refractivity contribution in [3.63, 3.8) is 0 Å². The summed E-state index contributed by atoms with van der Waals surface area (Å²) in [6.45, 7) is 0.339. The smallest absolute Gasteiger partial charge is 0.212 e. The van der Waals surface area contributed by atoms with Crippen LogP contribution in [0.1, 0.15) is 4.88 Å². The molecule has 3 nitrogen and oxygen atoms in total. The van der Waals surface area contributed by atoms with Crippen LogP contribution in [-0.2, 0) is 16.6 Å². The Morgan fingerprint density at radius 3 is 2.69 bits per heavy atom. The number of hydrogen-bond donors (Lipinski definition) is 1. The molecule has 1 N–H and O–H groups in total. The topological polar surface area (TPSA) is 46.2 Å². The van der Waals surface area contributed by atoms with Gasteiger partial charge in [-0.1, -0.05) is 15.9 Å². The molecule has 0 saturated carbocycles. The van der Waals surface area contributed by atoms with E-state index in [0.717, 1.165) is 9.35 Å². The van der Waals surface area contributed by atoms with Gasteiger partial charge in [-0.15, -0.1) is 11.3 Å². The Morgan fingerprint density at radius 1 is 1.54 bits per heavy atom. The Morgan fingerprint density at radius 2 is 2.23 bits per heavy atom. The lowest BCUT2D eigenvalue weighted by Gasteiger charge is -2.01. The van der Waals surface area contributed by atoms with Crippen molar-refractivity contribution in [3.05, 3.63) is 20.8 Å². The lowest BCUT2D eigenvalue weighted by Crippen LogP contribution is -2.23. The van der Waals surface area contributed by atoms with Gasteiger partial charge in [-0.25, -0.2) is 13.1 Å². The average molecular weight is 349 g/mol. The van der Waals surface area contributed by atoms with Crippen LogP contribution in [0.5, 0.6) is 0 Å². The van der Waals surface area contributed by atoms with Gasteiger partial charge in [0.25, 0.3) is 0 Å². The van der Waals surface area contributed by atoms with E-state index >= 15 is 0 Å². The summed E-state index contributed by atoms with van der Waals surface area (Å²) in [5.74, 6) is 0. The van der Waals surface area contributed by atoms with Gasteiger partial charge in [0.1, 0.15) is 4.66 Å². The zero-order valence-corrected chi connectivity index (χ0v) is 11.3. The van der Waals surface area contributed by atoms with Gasteiger partial charge in [0.15, 0.2) is 0 Å². The number of hydrogen-bond acceptors (Lipinski definition) is 3. The minimum absolute atomic E-state index is 0.0665. The molecule has 74 valence electrons. The van der Waals surface area contributed by atoms with E-state index in [2.05, 4.69) is 36.6 Å². The van der Waals surface area contributed by atoms with Crippen LogP contribution in [0.3, 0.4) is 0 Å². The van der Waals surface area contributed by atoms with E-state index in [-0.39, 0.29) is 4.66 Å². The second-order valence-electron chi connectivity index (χ2n) is 2.24. The fraction of sp³-hybridized carbons (Fsp3) is 0.333. The first kappa shape index (κ1) is 11.6. The quantitative estimate of drug-likeness (QED) is 0.848. The van der Waals surface area contributed by atoms with Gasteiger partial charge in [0.2, 0.25) is 10.0 Å². The first-order chi connectivity index (χ1) is 6.05. The van der Waals surface area contributed by atoms with Crippen molar-refractivity contribution in [1.82, 2.24) is 4.72 Å². The molecule has 1 rings (SSSR count). The molecule has 0 aliphatic heterocycles. The number of halogens is 2. The van der Waals surface area contributed by atoms with Gasteiger partial charge in [0, 0.05) is 15.9 Å². The van der Waals surface area contributed by atoms with Crippen molar-refractivity contribution in [2.45, 2.75) is 6.54 Å². The van der Waals surface area contributed by atoms with E-state index in [1.807, 2.05) is 11.4 Å². The van der Waals surface area contributed by atoms with E-state index in [1.54, 1.807) is 0 Å². The molecule has 1 heterocycles. The van der Waals surface area contributed by atoms with Gasteiger partial charge < -0.3 is 0 Å². The predicted molar refractivity (Wildman–Crippen MR) is 61.6 cm³/mol. The summed E-state index contributed by atoms with van der Waals surface area (Å²) in [5, 5.41) is 1.90. The minimum Gasteiger partial charge on any atom is -0.212 e. The SMILES string of the molecule is O=S(=O)(CBr)NCc1sccc1Br. The molecule has 0 aliphatic carbocycles. The summed E-state index contributed by atoms with van der Waals surface area (Å²) in [5.41, 5.74) is 0. The molecule has 0 bridgehead atoms. The number of nitrogens with one attached hydrogen (secondary N) is 1. The maximum absolute atomic E-state index is 11.0. The van der Waals surface area contributed by atoms with Crippen molar-refractivity contribution >= 4 is 53.2 Å². The highest BCUT2D eigenvalue weighted by molar-refractivity contribution is 9.11. The molecular formula is C6H7Br2NO2S2. The standard InChI is InChI=1S/C6H7Br2NO2S2/c7-4-13(10,11)9-3-6-5(8)1-2-12-6/h1-2,9H,3-4H2. The molecule has 1 aromatic heterocycles. The summed E-state index contributed by atoms with van der Waals surface area (Å²) in [6.07, 6.45) is 0. The lowest BCUT2D eigenvalue weighted by atomic mass is 10.5. The van der Waals surface area contributed by atoms with Crippen molar-refractivity contribution in [3.8, 4) is 0 Å². The Hall–Kier alpha value is 0.570. The van der Waals surface area contributed by atoms with Crippen LogP contribution in [0.4, 0.5) is 0 Å². The molecular weight excluding hydrogens is 342 g/mol. The first-order valence-electron chi connectivity index (χ1n) is 3.30. The van der Waals surface area contributed by atoms with Crippen LogP contribution >= 0.6 is 43.2 Å². The molecule has 0 saturated heterocycles. The Bertz CT molecular complexity index is 374. The third kappa shape index (κ3) is 3.67. The van der Waals surface area contributed by atoms with Crippen LogP contribution < -0.4 is 4.72 Å². The summed E-state index contributed by atoms with van der Waals surface area (Å²) < 4.78 is 25.4. The normalized spacial score (nSPS) is 11.8. The van der Waals surface area contributed by atoms with Crippen LogP contribution in [0, 0.1) is 0 Å². The lowest BCUT2D eigenvalue weighted by molar-refractivity contribution is 0.587. The molecule has 1 aromatic rings. The molecule has 0 aliphatic rings. The third-order valence-corrected chi connectivity index (χ3v) is 5.89. The summed E-state index contributed by atoms with van der Waals surface area (Å²) in [6, 6.07) is 1.89. The van der Waals surface area contributed by atoms with E-state index in [4.69, 9.17) is 0 Å². The average Bonchev–Trinajstić information content (AvgIpc) is 2.48. The second-order valence-corrected chi connectivity index (χ2v) is 7.20. The van der Waals surface area contributed by atoms with Gasteiger partial charge in [-0.05, 0) is 27.4 Å². The maximum Gasteiger partial charge on any atom is 0.221 e. The van der Waals surface area contributed by atoms with Gasteiger partial charge in [-0.2, -0.15) is 0 Å². The summed E-state index contributed by atoms with van der Waals surface area (Å²) in [4.78, 5) is 0.976. The van der Waals surface area contributed by atoms with Crippen LogP contribution in [0.2, 0.25) is 0 Å². The predicted octanol–water partition coefficient (Wildman–Crippen LogP) is 2.28. The van der Waals surface area contributed by atoms with Gasteiger partial charge in [-0.3, -0.25) is 0 Å². The molecule has 0 fully saturated rings. The molecule has 0 aromatic carbocycles. The molecule has 0 amide bonds. The number of thiophene rings is 1. The van der Waals surface area contributed by atoms with E-state index in [9.17, 15) is 8.42 Å². The van der Waals surface area contributed by atoms with Crippen molar-refractivity contribution < 1.29 is 8.42 Å². The highest BCUT2D eigenvalue weighted by Crippen LogP contribution is 2.22. The Kier molecular flexibility index (Phi) is 4.37. The number of alkyl halides is 1. The van der Waals surface area contributed by atoms with Gasteiger partial charge in [0.05, 0.1) is 0 Å². The van der Waals surface area contributed by atoms with Crippen molar-refractivity contribution in [1.29, 1.82) is 0 Å². The van der Waals surface area contributed by atoms with Gasteiger partial charge >= 0.3 is 0 Å². The fourth-order valence-corrected chi connectivity index (χ4v) is 3.12. The molecule has 0 atom stereocenters. The second kappa shape index (κ2) is 4.88. The highest BCUT2D eigenvalue weighted by Gasteiger charge is 2.08. The number of rotatable bonds is 4. The zero-order valence-electron chi connectivity index (χ0n) is 6.46. The molecule has 0 spiro atoms. The first-order valence-corrected chi connectivity index (χ1v) is 7.75. The van der Waals surface area contributed by atoms with Crippen LogP contribution in [-0.4, -0.2) is 13.1 Å². The third-order valence-electron chi connectivity index (χ3n) is 1.29. The van der Waals surface area contributed by atoms with Crippen LogP contribution in [0.25, 0.3) is 0 Å². The number of sulfonamides is 1. The van der Waals surface area contributed by atoms with E-state index < -0.39 is 10.0 Å². The zero-order chi connectivity index (χ0) is 9.90. The van der Waals surface area contributed by atoms with Crippen LogP contribution in [0.15, 0.2) is 15.9 Å². The maximum atomic E-state index is 11.0. The molecule has 13 heavy (non-hydrogen) atoms. The largest absolute Gasteiger partial charge is 0.221 e.